The molecule has 0 saturated carbocycles. The molecule has 0 aliphatic carbocycles. The highest BCUT2D eigenvalue weighted by Crippen LogP contribution is 2.12. The smallest absolute Gasteiger partial charge is 0.223 e. The number of carbonyl (C=O) groups is 1. The van der Waals surface area contributed by atoms with Crippen LogP contribution >= 0.6 is 0 Å². The lowest BCUT2D eigenvalue weighted by Gasteiger charge is -2.08. The van der Waals surface area contributed by atoms with Gasteiger partial charge in [0.1, 0.15) is 5.75 Å². The Morgan fingerprint density at radius 3 is 2.38 bits per heavy atom. The van der Waals surface area contributed by atoms with E-state index in [9.17, 15) is 4.79 Å². The van der Waals surface area contributed by atoms with Crippen LogP contribution < -0.4 is 10.1 Å². The van der Waals surface area contributed by atoms with E-state index in [0.717, 1.165) is 17.7 Å². The SMILES string of the molecule is CCc1ccc(OCCC(=O)NCc2ccccc2)cc1. The second-order valence-corrected chi connectivity index (χ2v) is 4.86. The minimum Gasteiger partial charge on any atom is -0.493 e. The van der Waals surface area contributed by atoms with Crippen molar-refractivity contribution >= 4 is 5.91 Å². The molecule has 1 amide bonds. The molecule has 3 heteroatoms. The molecular weight excluding hydrogens is 262 g/mol. The van der Waals surface area contributed by atoms with Gasteiger partial charge < -0.3 is 10.1 Å². The molecule has 0 atom stereocenters. The number of rotatable bonds is 7. The zero-order valence-corrected chi connectivity index (χ0v) is 12.3. The third kappa shape index (κ3) is 5.30. The van der Waals surface area contributed by atoms with E-state index in [4.69, 9.17) is 4.74 Å². The number of hydrogen-bond acceptors (Lipinski definition) is 2. The average molecular weight is 283 g/mol. The highest BCUT2D eigenvalue weighted by Gasteiger charge is 2.02. The van der Waals surface area contributed by atoms with Crippen LogP contribution in [0, 0.1) is 0 Å². The normalized spacial score (nSPS) is 10.1. The minimum atomic E-state index is 0.00373. The van der Waals surface area contributed by atoms with Gasteiger partial charge in [-0.1, -0.05) is 49.4 Å². The molecule has 0 heterocycles. The summed E-state index contributed by atoms with van der Waals surface area (Å²) in [6, 6.07) is 17.9. The van der Waals surface area contributed by atoms with Crippen LogP contribution in [0.5, 0.6) is 5.75 Å². The highest BCUT2D eigenvalue weighted by atomic mass is 16.5. The monoisotopic (exact) mass is 283 g/mol. The largest absolute Gasteiger partial charge is 0.493 e. The van der Waals surface area contributed by atoms with Gasteiger partial charge in [0, 0.05) is 6.54 Å². The molecule has 0 aromatic heterocycles. The van der Waals surface area contributed by atoms with Crippen LogP contribution in [0.2, 0.25) is 0 Å². The van der Waals surface area contributed by atoms with Gasteiger partial charge in [-0.3, -0.25) is 4.79 Å². The summed E-state index contributed by atoms with van der Waals surface area (Å²) in [4.78, 5) is 11.7. The van der Waals surface area contributed by atoms with Crippen molar-refractivity contribution in [2.24, 2.45) is 0 Å². The zero-order chi connectivity index (χ0) is 14.9. The maximum atomic E-state index is 11.7. The van der Waals surface area contributed by atoms with Crippen LogP contribution in [0.15, 0.2) is 54.6 Å². The van der Waals surface area contributed by atoms with E-state index in [2.05, 4.69) is 12.2 Å². The summed E-state index contributed by atoms with van der Waals surface area (Å²) in [5.74, 6) is 0.812. The van der Waals surface area contributed by atoms with Crippen molar-refractivity contribution in [1.82, 2.24) is 5.32 Å². The Morgan fingerprint density at radius 2 is 1.71 bits per heavy atom. The van der Waals surface area contributed by atoms with Crippen molar-refractivity contribution < 1.29 is 9.53 Å². The number of ether oxygens (including phenoxy) is 1. The van der Waals surface area contributed by atoms with Crippen molar-refractivity contribution in [2.75, 3.05) is 6.61 Å². The van der Waals surface area contributed by atoms with Gasteiger partial charge in [-0.25, -0.2) is 0 Å². The minimum absolute atomic E-state index is 0.00373. The van der Waals surface area contributed by atoms with Crippen molar-refractivity contribution in [1.29, 1.82) is 0 Å². The van der Waals surface area contributed by atoms with E-state index >= 15 is 0 Å². The molecule has 1 N–H and O–H groups in total. The summed E-state index contributed by atoms with van der Waals surface area (Å²) in [6.45, 7) is 3.07. The van der Waals surface area contributed by atoms with Crippen LogP contribution in [0.1, 0.15) is 24.5 Å². The number of aryl methyl sites for hydroxylation is 1. The molecule has 0 unspecified atom stereocenters. The predicted molar refractivity (Wildman–Crippen MR) is 84.2 cm³/mol. The number of carbonyl (C=O) groups excluding carboxylic acids is 1. The van der Waals surface area contributed by atoms with E-state index in [1.807, 2.05) is 54.6 Å². The number of hydrogen-bond donors (Lipinski definition) is 1. The van der Waals surface area contributed by atoms with Gasteiger partial charge >= 0.3 is 0 Å². The van der Waals surface area contributed by atoms with Gasteiger partial charge in [0.25, 0.3) is 0 Å². The fourth-order valence-electron chi connectivity index (χ4n) is 1.97. The van der Waals surface area contributed by atoms with Gasteiger partial charge in [-0.15, -0.1) is 0 Å². The molecule has 0 spiro atoms. The molecule has 0 saturated heterocycles. The van der Waals surface area contributed by atoms with Crippen LogP contribution in [0.4, 0.5) is 0 Å². The maximum absolute atomic E-state index is 11.7. The summed E-state index contributed by atoms with van der Waals surface area (Å²) < 4.78 is 5.57. The Bertz CT molecular complexity index is 549. The van der Waals surface area contributed by atoms with Gasteiger partial charge in [0.05, 0.1) is 13.0 Å². The number of amides is 1. The zero-order valence-electron chi connectivity index (χ0n) is 12.3. The van der Waals surface area contributed by atoms with E-state index in [1.165, 1.54) is 5.56 Å². The molecule has 0 aliphatic rings. The fourth-order valence-corrected chi connectivity index (χ4v) is 1.97. The van der Waals surface area contributed by atoms with Crippen LogP contribution in [-0.4, -0.2) is 12.5 Å². The molecule has 2 aromatic carbocycles. The average Bonchev–Trinajstić information content (AvgIpc) is 2.54. The van der Waals surface area contributed by atoms with Gasteiger partial charge in [0.2, 0.25) is 5.91 Å². The van der Waals surface area contributed by atoms with E-state index < -0.39 is 0 Å². The number of benzene rings is 2. The first-order valence-corrected chi connectivity index (χ1v) is 7.30. The summed E-state index contributed by atoms with van der Waals surface area (Å²) >= 11 is 0. The first-order chi connectivity index (χ1) is 10.3. The van der Waals surface area contributed by atoms with Crippen molar-refractivity contribution in [3.63, 3.8) is 0 Å². The van der Waals surface area contributed by atoms with Gasteiger partial charge in [-0.05, 0) is 29.7 Å². The molecular formula is C18H21NO2. The molecule has 2 rings (SSSR count). The summed E-state index contributed by atoms with van der Waals surface area (Å²) in [7, 11) is 0. The molecule has 0 aliphatic heterocycles. The van der Waals surface area contributed by atoms with E-state index in [1.54, 1.807) is 0 Å². The fraction of sp³-hybridized carbons (Fsp3) is 0.278. The highest BCUT2D eigenvalue weighted by molar-refractivity contribution is 5.75. The Labute approximate surface area is 126 Å². The standard InChI is InChI=1S/C18H21NO2/c1-2-15-8-10-17(11-9-15)21-13-12-18(20)19-14-16-6-4-3-5-7-16/h3-11H,2,12-14H2,1H3,(H,19,20). The molecule has 0 bridgehead atoms. The van der Waals surface area contributed by atoms with E-state index in [0.29, 0.717) is 19.6 Å². The van der Waals surface area contributed by atoms with Crippen LogP contribution in [0.3, 0.4) is 0 Å². The Kier molecular flexibility index (Phi) is 5.83. The summed E-state index contributed by atoms with van der Waals surface area (Å²) in [5, 5.41) is 2.88. The maximum Gasteiger partial charge on any atom is 0.223 e. The quantitative estimate of drug-likeness (QED) is 0.846. The molecule has 2 aromatic rings. The van der Waals surface area contributed by atoms with Crippen molar-refractivity contribution in [2.45, 2.75) is 26.3 Å². The topological polar surface area (TPSA) is 38.3 Å². The molecule has 0 radical (unpaired) electrons. The van der Waals surface area contributed by atoms with Crippen molar-refractivity contribution in [3.8, 4) is 5.75 Å². The lowest BCUT2D eigenvalue weighted by Crippen LogP contribution is -2.24. The molecule has 0 fully saturated rings. The first-order valence-electron chi connectivity index (χ1n) is 7.30. The Balaban J connectivity index is 1.66. The summed E-state index contributed by atoms with van der Waals surface area (Å²) in [6.07, 6.45) is 1.38. The second kappa shape index (κ2) is 8.10. The lowest BCUT2D eigenvalue weighted by molar-refractivity contribution is -0.121. The third-order valence-corrected chi connectivity index (χ3v) is 3.26. The molecule has 21 heavy (non-hydrogen) atoms. The van der Waals surface area contributed by atoms with Crippen LogP contribution in [-0.2, 0) is 17.8 Å². The molecule has 110 valence electrons. The summed E-state index contributed by atoms with van der Waals surface area (Å²) in [5.41, 5.74) is 2.38. The van der Waals surface area contributed by atoms with Gasteiger partial charge in [-0.2, -0.15) is 0 Å². The first kappa shape index (κ1) is 15.1. The van der Waals surface area contributed by atoms with E-state index in [-0.39, 0.29) is 5.91 Å². The predicted octanol–water partition coefficient (Wildman–Crippen LogP) is 3.33. The molecule has 3 nitrogen and oxygen atoms in total. The third-order valence-electron chi connectivity index (χ3n) is 3.26. The van der Waals surface area contributed by atoms with Crippen molar-refractivity contribution in [3.05, 3.63) is 65.7 Å². The lowest BCUT2D eigenvalue weighted by atomic mass is 10.2. The Hall–Kier alpha value is -2.29. The van der Waals surface area contributed by atoms with Crippen LogP contribution in [0.25, 0.3) is 0 Å². The van der Waals surface area contributed by atoms with Gasteiger partial charge in [0.15, 0.2) is 0 Å². The number of nitrogens with one attached hydrogen (secondary N) is 1. The second-order valence-electron chi connectivity index (χ2n) is 4.86. The Morgan fingerprint density at radius 1 is 1.00 bits per heavy atom.